The molecule has 0 spiro atoms. The average molecular weight is 349 g/mol. The van der Waals surface area contributed by atoms with Crippen molar-refractivity contribution in [3.05, 3.63) is 29.6 Å². The van der Waals surface area contributed by atoms with Crippen molar-refractivity contribution in [3.63, 3.8) is 0 Å². The molecule has 1 heterocycles. The Morgan fingerprint density at radius 3 is 2.73 bits per heavy atom. The Kier molecular flexibility index (Phi) is 7.62. The van der Waals surface area contributed by atoms with Gasteiger partial charge in [0.15, 0.2) is 0 Å². The SMILES string of the molecule is CSc1ccc(F)cc1CNC(=O)C1(CN)CCOCC1.Cl. The molecule has 3 N–H and O–H groups in total. The quantitative estimate of drug-likeness (QED) is 0.802. The number of rotatable bonds is 5. The first kappa shape index (κ1) is 19.2. The van der Waals surface area contributed by atoms with Gasteiger partial charge < -0.3 is 15.8 Å². The van der Waals surface area contributed by atoms with Crippen molar-refractivity contribution < 1.29 is 13.9 Å². The van der Waals surface area contributed by atoms with E-state index in [1.165, 1.54) is 23.9 Å². The average Bonchev–Trinajstić information content (AvgIpc) is 2.53. The van der Waals surface area contributed by atoms with Gasteiger partial charge in [-0.25, -0.2) is 4.39 Å². The Morgan fingerprint density at radius 2 is 2.14 bits per heavy atom. The largest absolute Gasteiger partial charge is 0.381 e. The second-order valence-corrected chi connectivity index (χ2v) is 6.08. The lowest BCUT2D eigenvalue weighted by atomic mass is 9.79. The summed E-state index contributed by atoms with van der Waals surface area (Å²) in [6.07, 6.45) is 3.19. The van der Waals surface area contributed by atoms with Gasteiger partial charge in [0.25, 0.3) is 0 Å². The molecule has 4 nitrogen and oxygen atoms in total. The van der Waals surface area contributed by atoms with Gasteiger partial charge in [-0.15, -0.1) is 24.2 Å². The van der Waals surface area contributed by atoms with E-state index in [2.05, 4.69) is 5.32 Å². The summed E-state index contributed by atoms with van der Waals surface area (Å²) in [6, 6.07) is 4.62. The summed E-state index contributed by atoms with van der Waals surface area (Å²) >= 11 is 1.53. The highest BCUT2D eigenvalue weighted by atomic mass is 35.5. The maximum Gasteiger partial charge on any atom is 0.227 e. The fourth-order valence-corrected chi connectivity index (χ4v) is 3.13. The summed E-state index contributed by atoms with van der Waals surface area (Å²) in [5.74, 6) is -0.360. The van der Waals surface area contributed by atoms with Gasteiger partial charge in [-0.05, 0) is 42.9 Å². The predicted octanol–water partition coefficient (Wildman–Crippen LogP) is 2.34. The van der Waals surface area contributed by atoms with E-state index in [1.54, 1.807) is 6.07 Å². The molecule has 1 aromatic carbocycles. The molecule has 1 saturated heterocycles. The summed E-state index contributed by atoms with van der Waals surface area (Å²) in [4.78, 5) is 13.4. The molecule has 0 atom stereocenters. The number of thioether (sulfide) groups is 1. The van der Waals surface area contributed by atoms with Crippen LogP contribution in [0.2, 0.25) is 0 Å². The van der Waals surface area contributed by atoms with Crippen LogP contribution in [0.5, 0.6) is 0 Å². The Balaban J connectivity index is 0.00000242. The molecule has 1 aliphatic rings. The molecule has 0 saturated carbocycles. The molecule has 0 radical (unpaired) electrons. The van der Waals surface area contributed by atoms with Crippen molar-refractivity contribution in [2.45, 2.75) is 24.3 Å². The minimum Gasteiger partial charge on any atom is -0.381 e. The zero-order valence-corrected chi connectivity index (χ0v) is 14.2. The van der Waals surface area contributed by atoms with E-state index < -0.39 is 5.41 Å². The van der Waals surface area contributed by atoms with Gasteiger partial charge in [0.05, 0.1) is 5.41 Å². The van der Waals surface area contributed by atoms with Crippen LogP contribution in [0.1, 0.15) is 18.4 Å². The van der Waals surface area contributed by atoms with Gasteiger partial charge in [0.1, 0.15) is 5.82 Å². The maximum absolute atomic E-state index is 13.3. The molecule has 22 heavy (non-hydrogen) atoms. The Labute approximate surface area is 140 Å². The molecule has 0 aliphatic carbocycles. The number of hydrogen-bond acceptors (Lipinski definition) is 4. The first-order chi connectivity index (χ1) is 10.1. The first-order valence-corrected chi connectivity index (χ1v) is 8.22. The third kappa shape index (κ3) is 4.35. The molecule has 124 valence electrons. The van der Waals surface area contributed by atoms with Crippen LogP contribution in [0.15, 0.2) is 23.1 Å². The van der Waals surface area contributed by atoms with E-state index in [1.807, 2.05) is 6.26 Å². The van der Waals surface area contributed by atoms with E-state index in [9.17, 15) is 9.18 Å². The van der Waals surface area contributed by atoms with Crippen LogP contribution in [0, 0.1) is 11.2 Å². The van der Waals surface area contributed by atoms with Crippen molar-refractivity contribution in [1.29, 1.82) is 0 Å². The lowest BCUT2D eigenvalue weighted by Crippen LogP contribution is -2.49. The molecule has 1 aliphatic heterocycles. The topological polar surface area (TPSA) is 64.4 Å². The summed E-state index contributed by atoms with van der Waals surface area (Å²) in [5, 5.41) is 2.91. The molecule has 1 aromatic rings. The number of carbonyl (C=O) groups excluding carboxylic acids is 1. The Morgan fingerprint density at radius 1 is 1.45 bits per heavy atom. The lowest BCUT2D eigenvalue weighted by molar-refractivity contribution is -0.136. The maximum atomic E-state index is 13.3. The van der Waals surface area contributed by atoms with Crippen LogP contribution in [0.3, 0.4) is 0 Å². The van der Waals surface area contributed by atoms with E-state index >= 15 is 0 Å². The third-order valence-electron chi connectivity index (χ3n) is 4.00. The number of hydrogen-bond donors (Lipinski definition) is 2. The van der Waals surface area contributed by atoms with Gasteiger partial charge >= 0.3 is 0 Å². The summed E-state index contributed by atoms with van der Waals surface area (Å²) in [6.45, 7) is 1.73. The fourth-order valence-electron chi connectivity index (χ4n) is 2.53. The third-order valence-corrected chi connectivity index (χ3v) is 4.84. The molecule has 0 unspecified atom stereocenters. The van der Waals surface area contributed by atoms with Crippen LogP contribution in [0.4, 0.5) is 4.39 Å². The van der Waals surface area contributed by atoms with Crippen molar-refractivity contribution in [2.24, 2.45) is 11.1 Å². The summed E-state index contributed by atoms with van der Waals surface area (Å²) in [7, 11) is 0. The normalized spacial score (nSPS) is 16.7. The van der Waals surface area contributed by atoms with E-state index in [4.69, 9.17) is 10.5 Å². The van der Waals surface area contributed by atoms with Crippen molar-refractivity contribution in [3.8, 4) is 0 Å². The highest BCUT2D eigenvalue weighted by Gasteiger charge is 2.38. The second-order valence-electron chi connectivity index (χ2n) is 5.24. The Hall–Kier alpha value is -0.820. The molecule has 0 bridgehead atoms. The number of nitrogens with one attached hydrogen (secondary N) is 1. The van der Waals surface area contributed by atoms with Gasteiger partial charge in [-0.3, -0.25) is 4.79 Å². The van der Waals surface area contributed by atoms with E-state index in [0.717, 1.165) is 10.5 Å². The molecule has 0 aromatic heterocycles. The molecular weight excluding hydrogens is 327 g/mol. The van der Waals surface area contributed by atoms with Gasteiger partial charge in [-0.2, -0.15) is 0 Å². The number of nitrogens with two attached hydrogens (primary N) is 1. The molecule has 1 fully saturated rings. The zero-order chi connectivity index (χ0) is 15.3. The van der Waals surface area contributed by atoms with E-state index in [-0.39, 0.29) is 24.1 Å². The second kappa shape index (κ2) is 8.72. The van der Waals surface area contributed by atoms with Gasteiger partial charge in [0.2, 0.25) is 5.91 Å². The summed E-state index contributed by atoms with van der Waals surface area (Å²) in [5.41, 5.74) is 6.04. The molecule has 7 heteroatoms. The predicted molar refractivity (Wildman–Crippen MR) is 88.8 cm³/mol. The smallest absolute Gasteiger partial charge is 0.227 e. The highest BCUT2D eigenvalue weighted by Crippen LogP contribution is 2.30. The monoisotopic (exact) mass is 348 g/mol. The first-order valence-electron chi connectivity index (χ1n) is 7.00. The molecular formula is C15H22ClFN2O2S. The van der Waals surface area contributed by atoms with Gasteiger partial charge in [0, 0.05) is 31.2 Å². The van der Waals surface area contributed by atoms with Crippen molar-refractivity contribution in [1.82, 2.24) is 5.32 Å². The van der Waals surface area contributed by atoms with Crippen molar-refractivity contribution in [2.75, 3.05) is 26.0 Å². The van der Waals surface area contributed by atoms with Crippen molar-refractivity contribution >= 4 is 30.1 Å². The van der Waals surface area contributed by atoms with Crippen LogP contribution >= 0.6 is 24.2 Å². The number of ether oxygens (including phenoxy) is 1. The standard InChI is InChI=1S/C15H21FN2O2S.ClH/c1-21-13-3-2-12(16)8-11(13)9-18-14(19)15(10-17)4-6-20-7-5-15;/h2-3,8H,4-7,9-10,17H2,1H3,(H,18,19);1H. The molecule has 1 amide bonds. The van der Waals surface area contributed by atoms with Crippen LogP contribution in [0.25, 0.3) is 0 Å². The van der Waals surface area contributed by atoms with Crippen LogP contribution in [-0.2, 0) is 16.1 Å². The lowest BCUT2D eigenvalue weighted by Gasteiger charge is -2.34. The van der Waals surface area contributed by atoms with Crippen LogP contribution < -0.4 is 11.1 Å². The fraction of sp³-hybridized carbons (Fsp3) is 0.533. The number of benzene rings is 1. The van der Waals surface area contributed by atoms with Crippen LogP contribution in [-0.4, -0.2) is 31.9 Å². The zero-order valence-electron chi connectivity index (χ0n) is 12.6. The minimum absolute atomic E-state index is 0. The molecule has 2 rings (SSSR count). The van der Waals surface area contributed by atoms with E-state index in [0.29, 0.717) is 39.1 Å². The van der Waals surface area contributed by atoms with Gasteiger partial charge in [-0.1, -0.05) is 0 Å². The number of carbonyl (C=O) groups is 1. The minimum atomic E-state index is -0.551. The Bertz CT molecular complexity index is 510. The number of halogens is 2. The summed E-state index contributed by atoms with van der Waals surface area (Å²) < 4.78 is 18.6. The number of amides is 1. The highest BCUT2D eigenvalue weighted by molar-refractivity contribution is 7.98.